The number of carboxylic acids is 1. The van der Waals surface area contributed by atoms with Crippen molar-refractivity contribution in [2.75, 3.05) is 13.1 Å². The van der Waals surface area contributed by atoms with Crippen molar-refractivity contribution in [3.63, 3.8) is 0 Å². The molecule has 0 aliphatic rings. The van der Waals surface area contributed by atoms with Crippen LogP contribution in [-0.4, -0.2) is 59.9 Å². The van der Waals surface area contributed by atoms with E-state index in [0.717, 1.165) is 5.56 Å². The number of carbonyl (C=O) groups excluding carboxylic acids is 4. The largest absolute Gasteiger partial charge is 0.480 e. The Hall–Kier alpha value is -3.47. The van der Waals surface area contributed by atoms with E-state index >= 15 is 0 Å². The molecule has 0 radical (unpaired) electrons. The van der Waals surface area contributed by atoms with Crippen molar-refractivity contribution < 1.29 is 29.1 Å². The predicted octanol–water partition coefficient (Wildman–Crippen LogP) is -2.38. The molecule has 0 aromatic heterocycles. The lowest BCUT2D eigenvalue weighted by Gasteiger charge is -2.15. The second kappa shape index (κ2) is 12.1. The zero-order valence-corrected chi connectivity index (χ0v) is 15.7. The van der Waals surface area contributed by atoms with Crippen LogP contribution in [0.1, 0.15) is 18.4 Å². The van der Waals surface area contributed by atoms with Crippen molar-refractivity contribution in [2.24, 2.45) is 11.5 Å². The van der Waals surface area contributed by atoms with Crippen molar-refractivity contribution in [1.29, 1.82) is 0 Å². The van der Waals surface area contributed by atoms with Gasteiger partial charge in [0.1, 0.15) is 6.04 Å². The molecule has 0 saturated carbocycles. The highest BCUT2D eigenvalue weighted by molar-refractivity contribution is 5.90. The summed E-state index contributed by atoms with van der Waals surface area (Å²) in [5.41, 5.74) is 11.2. The number of nitrogens with one attached hydrogen (secondary N) is 3. The Kier molecular flexibility index (Phi) is 9.82. The summed E-state index contributed by atoms with van der Waals surface area (Å²) in [6.07, 6.45) is 0.0764. The molecular formula is C18H25N5O6. The Labute approximate surface area is 167 Å². The smallest absolute Gasteiger partial charge is 0.326 e. The number of amides is 4. The summed E-state index contributed by atoms with van der Waals surface area (Å²) in [7, 11) is 0. The van der Waals surface area contributed by atoms with Crippen LogP contribution in [0.3, 0.4) is 0 Å². The van der Waals surface area contributed by atoms with Gasteiger partial charge < -0.3 is 32.5 Å². The van der Waals surface area contributed by atoms with E-state index in [1.54, 1.807) is 30.3 Å². The summed E-state index contributed by atoms with van der Waals surface area (Å²) in [4.78, 5) is 57.3. The lowest BCUT2D eigenvalue weighted by Crippen LogP contribution is -2.49. The third-order valence-electron chi connectivity index (χ3n) is 3.82. The van der Waals surface area contributed by atoms with Crippen LogP contribution in [0.5, 0.6) is 0 Å². The van der Waals surface area contributed by atoms with Crippen LogP contribution in [0.25, 0.3) is 0 Å². The van der Waals surface area contributed by atoms with Gasteiger partial charge in [-0.25, -0.2) is 4.79 Å². The Bertz CT molecular complexity index is 740. The van der Waals surface area contributed by atoms with Crippen molar-refractivity contribution in [3.8, 4) is 0 Å². The molecule has 1 aromatic carbocycles. The van der Waals surface area contributed by atoms with E-state index in [1.807, 2.05) is 0 Å². The molecule has 0 fully saturated rings. The van der Waals surface area contributed by atoms with Gasteiger partial charge in [0, 0.05) is 12.8 Å². The van der Waals surface area contributed by atoms with E-state index in [2.05, 4.69) is 16.0 Å². The highest BCUT2D eigenvalue weighted by Gasteiger charge is 2.21. The van der Waals surface area contributed by atoms with Crippen molar-refractivity contribution >= 4 is 29.6 Å². The van der Waals surface area contributed by atoms with Crippen molar-refractivity contribution in [3.05, 3.63) is 35.9 Å². The van der Waals surface area contributed by atoms with Crippen LogP contribution in [0.2, 0.25) is 0 Å². The van der Waals surface area contributed by atoms with Gasteiger partial charge in [-0.2, -0.15) is 0 Å². The first-order chi connectivity index (χ1) is 13.7. The molecule has 29 heavy (non-hydrogen) atoms. The fraction of sp³-hybridized carbons (Fsp3) is 0.389. The molecule has 2 atom stereocenters. The van der Waals surface area contributed by atoms with Gasteiger partial charge in [-0.3, -0.25) is 19.2 Å². The van der Waals surface area contributed by atoms with Gasteiger partial charge in [0.15, 0.2) is 0 Å². The lowest BCUT2D eigenvalue weighted by atomic mass is 10.1. The van der Waals surface area contributed by atoms with Crippen molar-refractivity contribution in [1.82, 2.24) is 16.0 Å². The van der Waals surface area contributed by atoms with Crippen LogP contribution in [-0.2, 0) is 30.4 Å². The third-order valence-corrected chi connectivity index (χ3v) is 3.82. The number of benzene rings is 1. The number of hydrogen-bond donors (Lipinski definition) is 6. The van der Waals surface area contributed by atoms with E-state index < -0.39 is 54.8 Å². The van der Waals surface area contributed by atoms with Crippen LogP contribution < -0.4 is 27.4 Å². The maximum absolute atomic E-state index is 11.9. The molecule has 0 heterocycles. The second-order valence-electron chi connectivity index (χ2n) is 6.25. The summed E-state index contributed by atoms with van der Waals surface area (Å²) in [5, 5.41) is 16.1. The number of rotatable bonds is 12. The molecule has 158 valence electrons. The Morgan fingerprint density at radius 1 is 0.966 bits per heavy atom. The Morgan fingerprint density at radius 3 is 2.17 bits per heavy atom. The monoisotopic (exact) mass is 407 g/mol. The van der Waals surface area contributed by atoms with E-state index in [-0.39, 0.29) is 19.3 Å². The minimum absolute atomic E-state index is 0.0448. The van der Waals surface area contributed by atoms with Crippen LogP contribution in [0.4, 0.5) is 0 Å². The molecular weight excluding hydrogens is 382 g/mol. The van der Waals surface area contributed by atoms with Crippen LogP contribution in [0.15, 0.2) is 30.3 Å². The summed E-state index contributed by atoms with van der Waals surface area (Å²) in [5.74, 6) is -3.79. The number of carboxylic acid groups (broad SMARTS) is 1. The number of nitrogens with two attached hydrogens (primary N) is 2. The third kappa shape index (κ3) is 9.86. The fourth-order valence-corrected chi connectivity index (χ4v) is 2.26. The van der Waals surface area contributed by atoms with E-state index in [1.165, 1.54) is 0 Å². The topological polar surface area (TPSA) is 194 Å². The van der Waals surface area contributed by atoms with Crippen LogP contribution in [0, 0.1) is 0 Å². The van der Waals surface area contributed by atoms with Gasteiger partial charge >= 0.3 is 5.97 Å². The Morgan fingerprint density at radius 2 is 1.59 bits per heavy atom. The summed E-state index contributed by atoms with van der Waals surface area (Å²) >= 11 is 0. The van der Waals surface area contributed by atoms with E-state index in [9.17, 15) is 29.1 Å². The molecule has 0 bridgehead atoms. The quantitative estimate of drug-likeness (QED) is 0.223. The van der Waals surface area contributed by atoms with Crippen molar-refractivity contribution in [2.45, 2.75) is 31.3 Å². The van der Waals surface area contributed by atoms with E-state index in [0.29, 0.717) is 0 Å². The minimum Gasteiger partial charge on any atom is -0.480 e. The molecule has 11 nitrogen and oxygen atoms in total. The molecule has 11 heteroatoms. The Balaban J connectivity index is 2.36. The maximum Gasteiger partial charge on any atom is 0.326 e. The second-order valence-corrected chi connectivity index (χ2v) is 6.25. The van der Waals surface area contributed by atoms with Gasteiger partial charge in [0.05, 0.1) is 19.1 Å². The lowest BCUT2D eigenvalue weighted by molar-refractivity contribution is -0.141. The summed E-state index contributed by atoms with van der Waals surface area (Å²) in [6.45, 7) is -0.885. The SMILES string of the molecule is NC(=O)CCC(N)C(=O)NCC(=O)NCC(=O)NC(Cc1ccccc1)C(=O)O. The number of aliphatic carboxylic acids is 1. The van der Waals surface area contributed by atoms with Gasteiger partial charge in [0.25, 0.3) is 0 Å². The normalized spacial score (nSPS) is 12.3. The van der Waals surface area contributed by atoms with Gasteiger partial charge in [-0.05, 0) is 12.0 Å². The summed E-state index contributed by atoms with van der Waals surface area (Å²) in [6, 6.07) is 6.63. The molecule has 8 N–H and O–H groups in total. The summed E-state index contributed by atoms with van der Waals surface area (Å²) < 4.78 is 0. The zero-order chi connectivity index (χ0) is 21.8. The maximum atomic E-state index is 11.9. The number of primary amides is 1. The average Bonchev–Trinajstić information content (AvgIpc) is 2.68. The standard InChI is InChI=1S/C18H25N5O6/c19-12(6-7-14(20)24)17(27)22-9-15(25)21-10-16(26)23-13(18(28)29)8-11-4-2-1-3-5-11/h1-5,12-13H,6-10,19H2,(H2,20,24)(H,21,25)(H,22,27)(H,23,26)(H,28,29). The first-order valence-electron chi connectivity index (χ1n) is 8.83. The van der Waals surface area contributed by atoms with Gasteiger partial charge in [0.2, 0.25) is 23.6 Å². The van der Waals surface area contributed by atoms with Gasteiger partial charge in [-0.1, -0.05) is 30.3 Å². The molecule has 1 rings (SSSR count). The first-order valence-corrected chi connectivity index (χ1v) is 8.83. The van der Waals surface area contributed by atoms with Crippen LogP contribution >= 0.6 is 0 Å². The molecule has 0 spiro atoms. The minimum atomic E-state index is -1.20. The number of carbonyl (C=O) groups is 5. The zero-order valence-electron chi connectivity index (χ0n) is 15.7. The van der Waals surface area contributed by atoms with E-state index in [4.69, 9.17) is 11.5 Å². The van der Waals surface area contributed by atoms with Gasteiger partial charge in [-0.15, -0.1) is 0 Å². The molecule has 1 aromatic rings. The molecule has 0 aliphatic heterocycles. The first kappa shape index (κ1) is 23.6. The molecule has 2 unspecified atom stereocenters. The average molecular weight is 407 g/mol. The highest BCUT2D eigenvalue weighted by Crippen LogP contribution is 2.03. The molecule has 0 aliphatic carbocycles. The number of hydrogen-bond acceptors (Lipinski definition) is 6. The highest BCUT2D eigenvalue weighted by atomic mass is 16.4. The molecule has 4 amide bonds. The predicted molar refractivity (Wildman–Crippen MR) is 102 cm³/mol. The fourth-order valence-electron chi connectivity index (χ4n) is 2.26. The molecule has 0 saturated heterocycles.